The van der Waals surface area contributed by atoms with Crippen LogP contribution >= 0.6 is 11.3 Å². The fraction of sp³-hybridized carbons (Fsp3) is 0.353. The topological polar surface area (TPSA) is 40.5 Å². The molecule has 1 N–H and O–H groups in total. The molecule has 4 heteroatoms. The van der Waals surface area contributed by atoms with Crippen LogP contribution in [0.2, 0.25) is 0 Å². The number of carbonyl (C=O) groups is 1. The summed E-state index contributed by atoms with van der Waals surface area (Å²) in [5, 5.41) is 11.4. The molecular formula is C17H19NO2S. The van der Waals surface area contributed by atoms with Crippen molar-refractivity contribution >= 4 is 17.2 Å². The van der Waals surface area contributed by atoms with Gasteiger partial charge in [0.25, 0.3) is 0 Å². The Morgan fingerprint density at radius 3 is 2.67 bits per heavy atom. The second kappa shape index (κ2) is 5.53. The van der Waals surface area contributed by atoms with Crippen LogP contribution in [0.5, 0.6) is 5.75 Å². The number of benzene rings is 1. The molecule has 1 aliphatic rings. The van der Waals surface area contributed by atoms with E-state index in [0.29, 0.717) is 12.5 Å². The summed E-state index contributed by atoms with van der Waals surface area (Å²) in [6.45, 7) is 2.71. The van der Waals surface area contributed by atoms with Crippen molar-refractivity contribution in [2.75, 3.05) is 7.05 Å². The number of thiophene rings is 1. The second-order valence-corrected chi connectivity index (χ2v) is 6.72. The number of hydrogen-bond donors (Lipinski definition) is 1. The van der Waals surface area contributed by atoms with E-state index >= 15 is 0 Å². The molecule has 3 rings (SSSR count). The summed E-state index contributed by atoms with van der Waals surface area (Å²) >= 11 is 1.76. The van der Waals surface area contributed by atoms with Gasteiger partial charge in [0, 0.05) is 30.3 Å². The quantitative estimate of drug-likeness (QED) is 0.938. The fourth-order valence-electron chi connectivity index (χ4n) is 2.76. The van der Waals surface area contributed by atoms with E-state index in [1.54, 1.807) is 28.4 Å². The molecule has 0 radical (unpaired) electrons. The van der Waals surface area contributed by atoms with Crippen LogP contribution in [-0.2, 0) is 11.3 Å². The van der Waals surface area contributed by atoms with E-state index in [1.165, 1.54) is 10.4 Å². The van der Waals surface area contributed by atoms with Crippen molar-refractivity contribution in [2.24, 2.45) is 5.92 Å². The molecule has 1 aliphatic carbocycles. The third-order valence-corrected chi connectivity index (χ3v) is 5.23. The van der Waals surface area contributed by atoms with Crippen molar-refractivity contribution in [3.05, 3.63) is 51.7 Å². The van der Waals surface area contributed by atoms with Gasteiger partial charge in [-0.25, -0.2) is 0 Å². The van der Waals surface area contributed by atoms with Gasteiger partial charge < -0.3 is 10.0 Å². The molecule has 110 valence electrons. The third kappa shape index (κ3) is 2.95. The lowest BCUT2D eigenvalue weighted by Crippen LogP contribution is -2.28. The van der Waals surface area contributed by atoms with Crippen molar-refractivity contribution in [3.8, 4) is 5.75 Å². The number of phenols is 1. The molecule has 1 heterocycles. The Labute approximate surface area is 128 Å². The van der Waals surface area contributed by atoms with Gasteiger partial charge in [-0.15, -0.1) is 11.3 Å². The van der Waals surface area contributed by atoms with Crippen molar-refractivity contribution in [1.29, 1.82) is 0 Å². The van der Waals surface area contributed by atoms with Crippen LogP contribution < -0.4 is 0 Å². The van der Waals surface area contributed by atoms with Crippen LogP contribution in [0.4, 0.5) is 0 Å². The number of nitrogens with zero attached hydrogens (tertiary/aromatic N) is 1. The number of phenolic OH excluding ortho intramolecular Hbond substituents is 1. The lowest BCUT2D eigenvalue weighted by atomic mass is 10.1. The van der Waals surface area contributed by atoms with Gasteiger partial charge in [-0.3, -0.25) is 4.79 Å². The average molecular weight is 301 g/mol. The highest BCUT2D eigenvalue weighted by atomic mass is 32.1. The molecule has 21 heavy (non-hydrogen) atoms. The second-order valence-electron chi connectivity index (χ2n) is 5.78. The molecule has 0 aliphatic heterocycles. The molecule has 1 amide bonds. The third-order valence-electron chi connectivity index (χ3n) is 4.08. The molecule has 1 saturated carbocycles. The predicted molar refractivity (Wildman–Crippen MR) is 84.5 cm³/mol. The Balaban J connectivity index is 1.61. The SMILES string of the molecule is Cc1ccsc1C1CC1C(=O)N(C)Cc1ccc(O)cc1. The molecule has 0 bridgehead atoms. The minimum Gasteiger partial charge on any atom is -0.508 e. The predicted octanol–water partition coefficient (Wildman–Crippen LogP) is 3.52. The number of rotatable bonds is 4. The van der Waals surface area contributed by atoms with E-state index in [0.717, 1.165) is 12.0 Å². The van der Waals surface area contributed by atoms with Crippen LogP contribution in [0.15, 0.2) is 35.7 Å². The zero-order valence-electron chi connectivity index (χ0n) is 12.2. The Morgan fingerprint density at radius 1 is 1.33 bits per heavy atom. The monoisotopic (exact) mass is 301 g/mol. The Kier molecular flexibility index (Phi) is 3.72. The summed E-state index contributed by atoms with van der Waals surface area (Å²) in [5.74, 6) is 1.04. The van der Waals surface area contributed by atoms with E-state index in [1.807, 2.05) is 19.2 Å². The minimum atomic E-state index is 0.143. The standard InChI is InChI=1S/C17H19NO2S/c1-11-7-8-21-16(11)14-9-15(14)17(20)18(2)10-12-3-5-13(19)6-4-12/h3-8,14-15,19H,9-10H2,1-2H3. The molecule has 3 nitrogen and oxygen atoms in total. The first-order valence-electron chi connectivity index (χ1n) is 7.13. The van der Waals surface area contributed by atoms with E-state index in [2.05, 4.69) is 18.4 Å². The van der Waals surface area contributed by atoms with Gasteiger partial charge in [-0.2, -0.15) is 0 Å². The van der Waals surface area contributed by atoms with Crippen LogP contribution in [-0.4, -0.2) is 23.0 Å². The number of amides is 1. The highest BCUT2D eigenvalue weighted by Gasteiger charge is 2.46. The molecule has 1 aromatic carbocycles. The van der Waals surface area contributed by atoms with Gasteiger partial charge in [0.15, 0.2) is 0 Å². The van der Waals surface area contributed by atoms with Gasteiger partial charge in [0.1, 0.15) is 5.75 Å². The van der Waals surface area contributed by atoms with Gasteiger partial charge in [0.2, 0.25) is 5.91 Å². The first-order valence-corrected chi connectivity index (χ1v) is 8.01. The normalized spacial score (nSPS) is 20.3. The molecular weight excluding hydrogens is 282 g/mol. The van der Waals surface area contributed by atoms with Crippen molar-refractivity contribution in [1.82, 2.24) is 4.90 Å². The summed E-state index contributed by atoms with van der Waals surface area (Å²) in [6, 6.07) is 9.14. The summed E-state index contributed by atoms with van der Waals surface area (Å²) < 4.78 is 0. The maximum atomic E-state index is 12.5. The van der Waals surface area contributed by atoms with Crippen molar-refractivity contribution in [3.63, 3.8) is 0 Å². The zero-order chi connectivity index (χ0) is 15.0. The summed E-state index contributed by atoms with van der Waals surface area (Å²) in [7, 11) is 1.85. The summed E-state index contributed by atoms with van der Waals surface area (Å²) in [4.78, 5) is 15.6. The van der Waals surface area contributed by atoms with Gasteiger partial charge in [0.05, 0.1) is 0 Å². The number of carbonyl (C=O) groups excluding carboxylic acids is 1. The zero-order valence-corrected chi connectivity index (χ0v) is 13.1. The maximum Gasteiger partial charge on any atom is 0.226 e. The van der Waals surface area contributed by atoms with Gasteiger partial charge in [-0.1, -0.05) is 12.1 Å². The van der Waals surface area contributed by atoms with Gasteiger partial charge in [-0.05, 0) is 48.1 Å². The van der Waals surface area contributed by atoms with Gasteiger partial charge >= 0.3 is 0 Å². The lowest BCUT2D eigenvalue weighted by Gasteiger charge is -2.17. The summed E-state index contributed by atoms with van der Waals surface area (Å²) in [6.07, 6.45) is 0.972. The minimum absolute atomic E-state index is 0.143. The van der Waals surface area contributed by atoms with E-state index in [4.69, 9.17) is 0 Å². The Morgan fingerprint density at radius 2 is 2.05 bits per heavy atom. The molecule has 0 saturated heterocycles. The number of aryl methyl sites for hydroxylation is 1. The van der Waals surface area contributed by atoms with Crippen LogP contribution in [0, 0.1) is 12.8 Å². The smallest absolute Gasteiger partial charge is 0.226 e. The average Bonchev–Trinajstić information content (AvgIpc) is 3.15. The fourth-order valence-corrected chi connectivity index (χ4v) is 3.87. The van der Waals surface area contributed by atoms with Crippen molar-refractivity contribution in [2.45, 2.75) is 25.8 Å². The Bertz CT molecular complexity index is 647. The maximum absolute atomic E-state index is 12.5. The molecule has 1 fully saturated rings. The van der Waals surface area contributed by atoms with E-state index in [-0.39, 0.29) is 17.6 Å². The van der Waals surface area contributed by atoms with Crippen molar-refractivity contribution < 1.29 is 9.90 Å². The first-order chi connectivity index (χ1) is 10.1. The summed E-state index contributed by atoms with van der Waals surface area (Å²) in [5.41, 5.74) is 2.34. The van der Waals surface area contributed by atoms with E-state index < -0.39 is 0 Å². The Hall–Kier alpha value is -1.81. The molecule has 0 spiro atoms. The van der Waals surface area contributed by atoms with Crippen LogP contribution in [0.25, 0.3) is 0 Å². The highest BCUT2D eigenvalue weighted by Crippen LogP contribution is 2.51. The van der Waals surface area contributed by atoms with E-state index in [9.17, 15) is 9.90 Å². The largest absolute Gasteiger partial charge is 0.508 e. The first kappa shape index (κ1) is 14.1. The molecule has 2 aromatic rings. The highest BCUT2D eigenvalue weighted by molar-refractivity contribution is 7.10. The molecule has 2 unspecified atom stereocenters. The molecule has 1 aromatic heterocycles. The van der Waals surface area contributed by atoms with Crippen LogP contribution in [0.3, 0.4) is 0 Å². The number of hydrogen-bond acceptors (Lipinski definition) is 3. The number of aromatic hydroxyl groups is 1. The molecule has 2 atom stereocenters. The van der Waals surface area contributed by atoms with Crippen LogP contribution in [0.1, 0.15) is 28.3 Å². The lowest BCUT2D eigenvalue weighted by molar-refractivity contribution is -0.131.